The number of ketones is 1. The zero-order valence-corrected chi connectivity index (χ0v) is 19.3. The highest BCUT2D eigenvalue weighted by atomic mass is 19.4. The molecule has 0 spiro atoms. The topological polar surface area (TPSA) is 94.5 Å². The molecule has 1 aliphatic carbocycles. The molecule has 33 heavy (non-hydrogen) atoms. The number of aromatic nitrogens is 1. The number of nitrogen functional groups attached to an aromatic ring is 1. The van der Waals surface area contributed by atoms with Crippen LogP contribution in [-0.2, 0) is 16.1 Å². The Kier molecular flexibility index (Phi) is 6.59. The van der Waals surface area contributed by atoms with E-state index < -0.39 is 12.1 Å². The smallest absolute Gasteiger partial charge is 0.475 e. The number of ether oxygens (including phenoxy) is 1. The monoisotopic (exact) mass is 468 g/mol. The van der Waals surface area contributed by atoms with E-state index in [1.165, 1.54) is 0 Å². The van der Waals surface area contributed by atoms with Crippen LogP contribution in [0.5, 0.6) is 0 Å². The number of aliphatic carboxylic acids is 1. The van der Waals surface area contributed by atoms with Crippen molar-refractivity contribution >= 4 is 28.3 Å². The number of fused-ring (bicyclic) bond motifs is 1. The number of carbonyl (C=O) groups is 2. The van der Waals surface area contributed by atoms with E-state index in [9.17, 15) is 18.0 Å². The van der Waals surface area contributed by atoms with Gasteiger partial charge in [-0.2, -0.15) is 13.2 Å². The van der Waals surface area contributed by atoms with Crippen molar-refractivity contribution in [1.29, 1.82) is 0 Å². The molecule has 3 N–H and O–H groups in total. The lowest BCUT2D eigenvalue weighted by molar-refractivity contribution is -0.192. The third-order valence-electron chi connectivity index (χ3n) is 7.49. The highest BCUT2D eigenvalue weighted by Gasteiger charge is 2.68. The van der Waals surface area contributed by atoms with Crippen LogP contribution in [0.25, 0.3) is 10.9 Å². The van der Waals surface area contributed by atoms with Crippen molar-refractivity contribution in [3.8, 4) is 0 Å². The molecule has 2 heterocycles. The Morgan fingerprint density at radius 1 is 1.15 bits per heavy atom. The Labute approximate surface area is 190 Å². The van der Waals surface area contributed by atoms with Gasteiger partial charge in [0.1, 0.15) is 0 Å². The van der Waals surface area contributed by atoms with Crippen molar-refractivity contribution in [1.82, 2.24) is 4.57 Å². The number of halogens is 3. The molecular weight excluding hydrogens is 437 g/mol. The Balaban J connectivity index is 0.000000383. The maximum atomic E-state index is 13.4. The summed E-state index contributed by atoms with van der Waals surface area (Å²) in [5.74, 6) is -1.82. The predicted molar refractivity (Wildman–Crippen MR) is 119 cm³/mol. The molecule has 1 saturated heterocycles. The zero-order valence-electron chi connectivity index (χ0n) is 19.3. The average molecular weight is 469 g/mol. The van der Waals surface area contributed by atoms with Gasteiger partial charge in [0.25, 0.3) is 0 Å². The molecule has 182 valence electrons. The second kappa shape index (κ2) is 8.66. The number of alkyl halides is 3. The second-order valence-corrected chi connectivity index (χ2v) is 10.1. The average Bonchev–Trinajstić information content (AvgIpc) is 2.95. The van der Waals surface area contributed by atoms with Gasteiger partial charge < -0.3 is 20.1 Å². The van der Waals surface area contributed by atoms with E-state index in [0.29, 0.717) is 11.6 Å². The summed E-state index contributed by atoms with van der Waals surface area (Å²) >= 11 is 0. The largest absolute Gasteiger partial charge is 0.490 e. The molecule has 0 atom stereocenters. The van der Waals surface area contributed by atoms with Crippen molar-refractivity contribution in [2.75, 3.05) is 18.9 Å². The Morgan fingerprint density at radius 2 is 1.70 bits per heavy atom. The summed E-state index contributed by atoms with van der Waals surface area (Å²) < 4.78 is 39.5. The van der Waals surface area contributed by atoms with Crippen LogP contribution < -0.4 is 5.73 Å². The molecule has 2 aromatic rings. The van der Waals surface area contributed by atoms with Crippen LogP contribution in [0.3, 0.4) is 0 Å². The van der Waals surface area contributed by atoms with E-state index >= 15 is 0 Å². The van der Waals surface area contributed by atoms with Gasteiger partial charge in [-0.05, 0) is 47.8 Å². The van der Waals surface area contributed by atoms with Crippen molar-refractivity contribution in [3.05, 3.63) is 30.0 Å². The SMILES string of the molecule is CC1(C)C(C(=O)c2cn(CC3CCOCC3)c3ccc(N)cc23)C1(C)C.O=C(O)C(F)(F)F. The molecule has 2 aliphatic rings. The number of rotatable bonds is 4. The van der Waals surface area contributed by atoms with Crippen molar-refractivity contribution in [2.45, 2.75) is 53.3 Å². The maximum Gasteiger partial charge on any atom is 0.490 e. The summed E-state index contributed by atoms with van der Waals surface area (Å²) in [6, 6.07) is 5.96. The fraction of sp³-hybridized carbons (Fsp3) is 0.583. The standard InChI is InChI=1S/C22H30N2O2.C2HF3O2/c1-21(2)20(22(21,3)4)19(25)17-13-24(12-14-7-9-26-10-8-14)18-6-5-15(23)11-16(17)18;3-2(4,5)1(6)7/h5-6,11,13-14,20H,7-10,12,23H2,1-4H3;(H,6,7). The number of carboxylic acids is 1. The third-order valence-corrected chi connectivity index (χ3v) is 7.49. The quantitative estimate of drug-likeness (QED) is 0.478. The summed E-state index contributed by atoms with van der Waals surface area (Å²) in [4.78, 5) is 22.3. The molecule has 1 aliphatic heterocycles. The van der Waals surface area contributed by atoms with E-state index in [2.05, 4.69) is 44.5 Å². The molecule has 4 rings (SSSR count). The molecule has 0 amide bonds. The minimum absolute atomic E-state index is 0.0412. The molecule has 1 saturated carbocycles. The lowest BCUT2D eigenvalue weighted by Crippen LogP contribution is -2.21. The first-order chi connectivity index (χ1) is 15.2. The molecule has 6 nitrogen and oxygen atoms in total. The first-order valence-corrected chi connectivity index (χ1v) is 11.0. The molecule has 1 aromatic carbocycles. The van der Waals surface area contributed by atoms with Crippen LogP contribution in [0.1, 0.15) is 50.9 Å². The predicted octanol–water partition coefficient (Wildman–Crippen LogP) is 5.15. The number of nitrogens with two attached hydrogens (primary N) is 1. The minimum atomic E-state index is -5.08. The van der Waals surface area contributed by atoms with E-state index in [0.717, 1.165) is 49.1 Å². The number of anilines is 1. The summed E-state index contributed by atoms with van der Waals surface area (Å²) in [6.45, 7) is 11.4. The number of carbonyl (C=O) groups excluding carboxylic acids is 1. The summed E-state index contributed by atoms with van der Waals surface area (Å²) in [6.07, 6.45) is -0.840. The van der Waals surface area contributed by atoms with Gasteiger partial charge in [0, 0.05) is 54.0 Å². The van der Waals surface area contributed by atoms with E-state index in [1.54, 1.807) is 0 Å². The van der Waals surface area contributed by atoms with Gasteiger partial charge in [-0.3, -0.25) is 4.79 Å². The van der Waals surface area contributed by atoms with Gasteiger partial charge >= 0.3 is 12.1 Å². The van der Waals surface area contributed by atoms with Crippen molar-refractivity contribution in [2.24, 2.45) is 22.7 Å². The number of carboxylic acid groups (broad SMARTS) is 1. The van der Waals surface area contributed by atoms with Crippen molar-refractivity contribution < 1.29 is 32.6 Å². The van der Waals surface area contributed by atoms with Crippen LogP contribution in [0.15, 0.2) is 24.4 Å². The first-order valence-electron chi connectivity index (χ1n) is 11.0. The first kappa shape index (κ1) is 25.1. The minimum Gasteiger partial charge on any atom is -0.475 e. The van der Waals surface area contributed by atoms with E-state index in [4.69, 9.17) is 20.4 Å². The molecule has 0 radical (unpaired) electrons. The number of hydrogen-bond acceptors (Lipinski definition) is 4. The normalized spacial score (nSPS) is 20.2. The van der Waals surface area contributed by atoms with Gasteiger partial charge in [0.15, 0.2) is 5.78 Å². The van der Waals surface area contributed by atoms with Crippen LogP contribution >= 0.6 is 0 Å². The number of benzene rings is 1. The lowest BCUT2D eigenvalue weighted by atomic mass is 10.0. The van der Waals surface area contributed by atoms with Gasteiger partial charge in [-0.25, -0.2) is 4.79 Å². The Bertz CT molecular complexity index is 1040. The van der Waals surface area contributed by atoms with Crippen molar-refractivity contribution in [3.63, 3.8) is 0 Å². The summed E-state index contributed by atoms with van der Waals surface area (Å²) in [7, 11) is 0. The van der Waals surface area contributed by atoms with Gasteiger partial charge in [0.2, 0.25) is 0 Å². The number of hydrogen-bond donors (Lipinski definition) is 2. The van der Waals surface area contributed by atoms with E-state index in [1.807, 2.05) is 12.1 Å². The molecule has 0 unspecified atom stereocenters. The number of Topliss-reactive ketones (excluding diaryl/α,β-unsaturated/α-hetero) is 1. The van der Waals surface area contributed by atoms with Gasteiger partial charge in [-0.1, -0.05) is 27.7 Å². The Hall–Kier alpha value is -2.55. The molecule has 1 aromatic heterocycles. The van der Waals surface area contributed by atoms with Gasteiger partial charge in [-0.15, -0.1) is 0 Å². The Morgan fingerprint density at radius 3 is 2.18 bits per heavy atom. The summed E-state index contributed by atoms with van der Waals surface area (Å²) in [5.41, 5.74) is 8.79. The molecule has 0 bridgehead atoms. The lowest BCUT2D eigenvalue weighted by Gasteiger charge is -2.22. The zero-order chi connectivity index (χ0) is 24.8. The highest BCUT2D eigenvalue weighted by molar-refractivity contribution is 6.11. The number of nitrogens with zero attached hydrogens (tertiary/aromatic N) is 1. The highest BCUT2D eigenvalue weighted by Crippen LogP contribution is 2.69. The van der Waals surface area contributed by atoms with Crippen LogP contribution in [0.2, 0.25) is 0 Å². The van der Waals surface area contributed by atoms with Crippen LogP contribution in [0, 0.1) is 22.7 Å². The molecule has 9 heteroatoms. The summed E-state index contributed by atoms with van der Waals surface area (Å²) in [5, 5.41) is 8.13. The molecule has 2 fully saturated rings. The maximum absolute atomic E-state index is 13.4. The van der Waals surface area contributed by atoms with E-state index in [-0.39, 0.29) is 22.5 Å². The van der Waals surface area contributed by atoms with Gasteiger partial charge in [0.05, 0.1) is 0 Å². The second-order valence-electron chi connectivity index (χ2n) is 10.1. The molecular formula is C24H31F3N2O4. The fourth-order valence-electron chi connectivity index (χ4n) is 4.88. The third kappa shape index (κ3) is 4.88. The van der Waals surface area contributed by atoms with Crippen LogP contribution in [-0.4, -0.2) is 40.8 Å². The van der Waals surface area contributed by atoms with Crippen LogP contribution in [0.4, 0.5) is 18.9 Å². The fourth-order valence-corrected chi connectivity index (χ4v) is 4.88.